The molecule has 2 radical (unpaired) electrons. The van der Waals surface area contributed by atoms with Crippen molar-refractivity contribution in [2.75, 3.05) is 13.7 Å². The molecule has 1 aromatic carbocycles. The molecule has 15 heteroatoms. The average molecular weight is 558 g/mol. The molecule has 1 fully saturated rings. The van der Waals surface area contributed by atoms with Gasteiger partial charge in [0.05, 0.1) is 13.7 Å². The predicted molar refractivity (Wildman–Crippen MR) is 140 cm³/mol. The van der Waals surface area contributed by atoms with E-state index < -0.39 is 61.7 Å². The van der Waals surface area contributed by atoms with Gasteiger partial charge in [-0.15, -0.1) is 0 Å². The maximum absolute atomic E-state index is 13.2. The first-order chi connectivity index (χ1) is 18.5. The Morgan fingerprint density at radius 2 is 2.05 bits per heavy atom. The van der Waals surface area contributed by atoms with Crippen LogP contribution in [0.1, 0.15) is 30.7 Å². The molecule has 13 nitrogen and oxygen atoms in total. The maximum Gasteiger partial charge on any atom is 0.330 e. The van der Waals surface area contributed by atoms with Crippen LogP contribution in [0, 0.1) is 6.92 Å². The zero-order chi connectivity index (χ0) is 28.3. The van der Waals surface area contributed by atoms with Crippen molar-refractivity contribution in [1.29, 1.82) is 0 Å². The van der Waals surface area contributed by atoms with Crippen LogP contribution in [0.5, 0.6) is 0 Å². The van der Waals surface area contributed by atoms with Crippen LogP contribution in [-0.4, -0.2) is 66.0 Å². The van der Waals surface area contributed by atoms with Crippen LogP contribution in [0.4, 0.5) is 0 Å². The number of methoxy groups -OCH3 is 1. The summed E-state index contributed by atoms with van der Waals surface area (Å²) in [5.41, 5.74) is 0.676. The van der Waals surface area contributed by atoms with Gasteiger partial charge >= 0.3 is 17.6 Å². The first kappa shape index (κ1) is 28.6. The van der Waals surface area contributed by atoms with E-state index in [1.54, 1.807) is 6.20 Å². The lowest BCUT2D eigenvalue weighted by molar-refractivity contribution is -0.150. The molecule has 0 spiro atoms. The predicted octanol–water partition coefficient (Wildman–Crippen LogP) is 1.21. The molecule has 0 saturated carbocycles. The van der Waals surface area contributed by atoms with E-state index in [0.717, 1.165) is 16.5 Å². The van der Waals surface area contributed by atoms with Gasteiger partial charge < -0.3 is 23.7 Å². The van der Waals surface area contributed by atoms with Crippen LogP contribution in [0.15, 0.2) is 46.2 Å². The molecule has 2 aromatic heterocycles. The third-order valence-electron chi connectivity index (χ3n) is 6.30. The fourth-order valence-electron chi connectivity index (χ4n) is 4.44. The Bertz CT molecular complexity index is 1530. The number of aryl methyl sites for hydroxylation is 1. The van der Waals surface area contributed by atoms with Crippen molar-refractivity contribution >= 4 is 37.8 Å². The second-order valence-corrected chi connectivity index (χ2v) is 10.9. The summed E-state index contributed by atoms with van der Waals surface area (Å²) in [5, 5.41) is 3.43. The summed E-state index contributed by atoms with van der Waals surface area (Å²) in [5.74, 6) is -1.30. The minimum atomic E-state index is -4.12. The van der Waals surface area contributed by atoms with Crippen molar-refractivity contribution in [3.63, 3.8) is 0 Å². The zero-order valence-corrected chi connectivity index (χ0v) is 22.4. The average Bonchev–Trinajstić information content (AvgIpc) is 3.47. The second kappa shape index (κ2) is 11.7. The second-order valence-electron chi connectivity index (χ2n) is 9.15. The van der Waals surface area contributed by atoms with Crippen molar-refractivity contribution in [2.45, 2.75) is 51.2 Å². The first-order valence-corrected chi connectivity index (χ1v) is 13.8. The number of hydrogen-bond acceptors (Lipinski definition) is 9. The zero-order valence-electron chi connectivity index (χ0n) is 21.5. The lowest BCUT2D eigenvalue weighted by atomic mass is 10.1. The number of carbonyl (C=O) groups excluding carboxylic acids is 2. The molecule has 3 N–H and O–H groups in total. The topological polar surface area (TPSA) is 171 Å². The highest BCUT2D eigenvalue weighted by Crippen LogP contribution is 2.40. The molecular formula is C24H28BN4O9P. The maximum atomic E-state index is 13.2. The van der Waals surface area contributed by atoms with E-state index in [9.17, 15) is 23.7 Å². The highest BCUT2D eigenvalue weighted by Gasteiger charge is 2.40. The number of carbonyl (C=O) groups is 2. The van der Waals surface area contributed by atoms with Crippen molar-refractivity contribution in [2.24, 2.45) is 0 Å². The lowest BCUT2D eigenvalue weighted by Gasteiger charge is -2.25. The number of esters is 2. The Morgan fingerprint density at radius 3 is 2.77 bits per heavy atom. The number of para-hydroxylation sites is 1. The van der Waals surface area contributed by atoms with Gasteiger partial charge in [0.25, 0.3) is 5.56 Å². The minimum Gasteiger partial charge on any atom is -0.468 e. The number of ether oxygens (including phenoxy) is 3. The number of nitrogens with zero attached hydrogens (tertiary/aromatic N) is 1. The first-order valence-electron chi connectivity index (χ1n) is 12.1. The molecule has 206 valence electrons. The Labute approximate surface area is 224 Å². The van der Waals surface area contributed by atoms with Crippen molar-refractivity contribution < 1.29 is 32.9 Å². The summed E-state index contributed by atoms with van der Waals surface area (Å²) >= 11 is 0. The quantitative estimate of drug-likeness (QED) is 0.187. The molecular weight excluding hydrogens is 530 g/mol. The van der Waals surface area contributed by atoms with Crippen LogP contribution in [0.2, 0.25) is 0 Å². The molecule has 1 aliphatic rings. The number of H-pyrrole nitrogens is 2. The van der Waals surface area contributed by atoms with E-state index in [1.165, 1.54) is 31.7 Å². The summed E-state index contributed by atoms with van der Waals surface area (Å²) in [6.07, 6.45) is 0.514. The molecule has 0 amide bonds. The highest BCUT2D eigenvalue weighted by molar-refractivity contribution is 7.81. The van der Waals surface area contributed by atoms with E-state index in [-0.39, 0.29) is 18.4 Å². The molecule has 39 heavy (non-hydrogen) atoms. The molecule has 4 rings (SSSR count). The van der Waals surface area contributed by atoms with Gasteiger partial charge in [0, 0.05) is 48.6 Å². The number of rotatable bonds is 10. The molecule has 0 aliphatic carbocycles. The normalized spacial score (nSPS) is 21.4. The standard InChI is InChI=1S/C24H28BN4O9P/c1-13-11-29(24(33)27-22(13)31)21-9-19(37-14(2)30)20(38-21)12-36-39(25,34)28-18(23(32)35-3)8-15-10-26-17-7-5-4-6-16(15)17/h4-7,10-11,18-21,26H,8-9,12H2,1-3H3,(H,28,34)(H,27,31,33)/t18-,19-,20+,21+,39?/m0/s1. The van der Waals surface area contributed by atoms with Gasteiger partial charge in [-0.2, -0.15) is 0 Å². The summed E-state index contributed by atoms with van der Waals surface area (Å²) < 4.78 is 35.9. The van der Waals surface area contributed by atoms with Gasteiger partial charge in [-0.3, -0.25) is 28.5 Å². The van der Waals surface area contributed by atoms with Gasteiger partial charge in [-0.25, -0.2) is 9.88 Å². The van der Waals surface area contributed by atoms with E-state index in [4.69, 9.17) is 26.3 Å². The summed E-state index contributed by atoms with van der Waals surface area (Å²) in [4.78, 5) is 53.5. The fraction of sp³-hybridized carbons (Fsp3) is 0.417. The van der Waals surface area contributed by atoms with Crippen LogP contribution >= 0.6 is 7.40 Å². The molecule has 0 bridgehead atoms. The molecule has 1 saturated heterocycles. The Morgan fingerprint density at radius 1 is 1.31 bits per heavy atom. The SMILES string of the molecule is [B]P(=O)(N[C@@H](Cc1c[nH]c2ccccc12)C(=O)OC)OC[C@H]1O[C@@H](n2cc(C)c(=O)[nH]c2=O)C[C@@H]1OC(C)=O. The Balaban J connectivity index is 1.47. The molecule has 3 aromatic rings. The Hall–Kier alpha value is -3.45. The minimum absolute atomic E-state index is 0.0622. The Kier molecular flexibility index (Phi) is 8.60. The summed E-state index contributed by atoms with van der Waals surface area (Å²) in [6.45, 7) is 2.34. The fourth-order valence-corrected chi connectivity index (χ4v) is 5.52. The summed E-state index contributed by atoms with van der Waals surface area (Å²) in [6, 6.07) is 6.39. The van der Waals surface area contributed by atoms with Gasteiger partial charge in [0.2, 0.25) is 15.0 Å². The largest absolute Gasteiger partial charge is 0.468 e. The number of benzene rings is 1. The van der Waals surface area contributed by atoms with Crippen molar-refractivity contribution in [3.05, 3.63) is 68.6 Å². The lowest BCUT2D eigenvalue weighted by Crippen LogP contribution is -2.39. The van der Waals surface area contributed by atoms with Crippen LogP contribution in [0.3, 0.4) is 0 Å². The molecule has 3 heterocycles. The number of nitrogens with one attached hydrogen (secondary N) is 3. The van der Waals surface area contributed by atoms with E-state index in [2.05, 4.69) is 15.1 Å². The number of aromatic nitrogens is 3. The smallest absolute Gasteiger partial charge is 0.330 e. The van der Waals surface area contributed by atoms with Gasteiger partial charge in [-0.1, -0.05) is 18.2 Å². The van der Waals surface area contributed by atoms with Gasteiger partial charge in [0.15, 0.2) is 0 Å². The highest BCUT2D eigenvalue weighted by atomic mass is 31.2. The molecule has 1 unspecified atom stereocenters. The summed E-state index contributed by atoms with van der Waals surface area (Å²) in [7, 11) is 3.01. The van der Waals surface area contributed by atoms with Crippen molar-refractivity contribution in [3.8, 4) is 0 Å². The molecule has 1 aliphatic heterocycles. The van der Waals surface area contributed by atoms with Gasteiger partial charge in [0.1, 0.15) is 24.5 Å². The van der Waals surface area contributed by atoms with Crippen LogP contribution in [-0.2, 0) is 39.3 Å². The van der Waals surface area contributed by atoms with E-state index in [1.807, 2.05) is 24.3 Å². The number of hydrogen-bond donors (Lipinski definition) is 3. The monoisotopic (exact) mass is 558 g/mol. The van der Waals surface area contributed by atoms with Crippen molar-refractivity contribution in [1.82, 2.24) is 19.6 Å². The van der Waals surface area contributed by atoms with Gasteiger partial charge in [-0.05, 0) is 18.6 Å². The van der Waals surface area contributed by atoms with Crippen LogP contribution < -0.4 is 16.3 Å². The third-order valence-corrected chi connectivity index (χ3v) is 7.51. The number of aromatic amines is 2. The molecule has 5 atom stereocenters. The van der Waals surface area contributed by atoms with E-state index >= 15 is 0 Å². The van der Waals surface area contributed by atoms with E-state index in [0.29, 0.717) is 0 Å². The number of fused-ring (bicyclic) bond motifs is 1. The third kappa shape index (κ3) is 6.77. The van der Waals surface area contributed by atoms with Crippen LogP contribution in [0.25, 0.3) is 10.9 Å².